The van der Waals surface area contributed by atoms with Gasteiger partial charge in [-0.25, -0.2) is 9.69 Å². The smallest absolute Gasteiger partial charge is 0.132 e. The highest BCUT2D eigenvalue weighted by Crippen LogP contribution is 2.29. The second kappa shape index (κ2) is 7.11. The first kappa shape index (κ1) is 17.1. The van der Waals surface area contributed by atoms with Crippen LogP contribution in [0.15, 0.2) is 65.3 Å². The zero-order valence-corrected chi connectivity index (χ0v) is 15.7. The molecule has 4 rings (SSSR count). The molecule has 0 aliphatic carbocycles. The molecular formula is C20H22N6O. The van der Waals surface area contributed by atoms with Crippen LogP contribution in [0.5, 0.6) is 5.75 Å². The van der Waals surface area contributed by atoms with Crippen molar-refractivity contribution < 1.29 is 4.74 Å². The number of ether oxygens (including phenoxy) is 1. The van der Waals surface area contributed by atoms with Crippen molar-refractivity contribution in [1.82, 2.24) is 14.8 Å². The van der Waals surface area contributed by atoms with E-state index in [-0.39, 0.29) is 0 Å². The lowest BCUT2D eigenvalue weighted by Crippen LogP contribution is -2.23. The number of benzene rings is 2. The van der Waals surface area contributed by atoms with E-state index in [9.17, 15) is 0 Å². The van der Waals surface area contributed by atoms with E-state index in [2.05, 4.69) is 40.7 Å². The summed E-state index contributed by atoms with van der Waals surface area (Å²) in [6, 6.07) is 14.2. The van der Waals surface area contributed by atoms with Crippen molar-refractivity contribution in [2.75, 3.05) is 18.7 Å². The summed E-state index contributed by atoms with van der Waals surface area (Å²) in [6.07, 6.45) is 3.70. The molecule has 0 amide bonds. The number of nitrogens with zero attached hydrogens (tertiary/aromatic N) is 6. The molecule has 27 heavy (non-hydrogen) atoms. The summed E-state index contributed by atoms with van der Waals surface area (Å²) in [7, 11) is 1.90. The molecule has 138 valence electrons. The van der Waals surface area contributed by atoms with Crippen LogP contribution >= 0.6 is 0 Å². The van der Waals surface area contributed by atoms with Gasteiger partial charge in [0.2, 0.25) is 0 Å². The van der Waals surface area contributed by atoms with Gasteiger partial charge in [0.25, 0.3) is 0 Å². The molecule has 2 heterocycles. The highest BCUT2D eigenvalue weighted by molar-refractivity contribution is 5.56. The molecule has 7 nitrogen and oxygen atoms in total. The minimum atomic E-state index is 0.472. The molecule has 0 saturated heterocycles. The van der Waals surface area contributed by atoms with Crippen LogP contribution in [0.3, 0.4) is 0 Å². The van der Waals surface area contributed by atoms with Crippen LogP contribution in [0.25, 0.3) is 5.69 Å². The lowest BCUT2D eigenvalue weighted by molar-refractivity contribution is 0.303. The van der Waals surface area contributed by atoms with Gasteiger partial charge >= 0.3 is 0 Å². The molecule has 0 N–H and O–H groups in total. The first-order valence-corrected chi connectivity index (χ1v) is 8.84. The van der Waals surface area contributed by atoms with Crippen molar-refractivity contribution in [3.63, 3.8) is 0 Å². The zero-order valence-electron chi connectivity index (χ0n) is 15.7. The molecule has 0 unspecified atom stereocenters. The van der Waals surface area contributed by atoms with Crippen molar-refractivity contribution in [3.8, 4) is 11.4 Å². The second-order valence-electron chi connectivity index (χ2n) is 6.64. The molecule has 1 aliphatic rings. The standard InChI is InChI=1S/C20H22N6O/c1-15-6-4-7-19(26-14-24(3)22-23-26)18(15)13-27-20-9-8-17(12-16(20)2)25-11-5-10-21-25/h4-12H,13-14H2,1-3H3. The Bertz CT molecular complexity index is 967. The van der Waals surface area contributed by atoms with E-state index in [0.717, 1.165) is 28.3 Å². The summed E-state index contributed by atoms with van der Waals surface area (Å²) in [4.78, 5) is 0. The lowest BCUT2D eigenvalue weighted by Gasteiger charge is -2.20. The molecule has 0 spiro atoms. The van der Waals surface area contributed by atoms with Crippen molar-refractivity contribution in [3.05, 3.63) is 71.5 Å². The molecule has 7 heteroatoms. The molecular weight excluding hydrogens is 340 g/mol. The monoisotopic (exact) mass is 362 g/mol. The van der Waals surface area contributed by atoms with E-state index in [0.29, 0.717) is 13.3 Å². The largest absolute Gasteiger partial charge is 0.489 e. The molecule has 3 aromatic rings. The van der Waals surface area contributed by atoms with E-state index >= 15 is 0 Å². The number of aromatic nitrogens is 2. The third-order valence-corrected chi connectivity index (χ3v) is 4.60. The number of hydrogen-bond acceptors (Lipinski definition) is 6. The third-order valence-electron chi connectivity index (χ3n) is 4.60. The van der Waals surface area contributed by atoms with Crippen molar-refractivity contribution in [2.45, 2.75) is 20.5 Å². The topological polar surface area (TPSA) is 58.2 Å². The second-order valence-corrected chi connectivity index (χ2v) is 6.64. The maximum atomic E-state index is 6.16. The van der Waals surface area contributed by atoms with Crippen molar-refractivity contribution in [1.29, 1.82) is 0 Å². The third kappa shape index (κ3) is 3.48. The molecule has 2 aromatic carbocycles. The molecule has 0 bridgehead atoms. The van der Waals surface area contributed by atoms with Crippen LogP contribution in [-0.4, -0.2) is 28.5 Å². The van der Waals surface area contributed by atoms with E-state index in [1.54, 1.807) is 11.2 Å². The van der Waals surface area contributed by atoms with Gasteiger partial charge in [0, 0.05) is 25.0 Å². The highest BCUT2D eigenvalue weighted by Gasteiger charge is 2.19. The van der Waals surface area contributed by atoms with E-state index in [1.807, 2.05) is 54.1 Å². The Kier molecular flexibility index (Phi) is 4.50. The Morgan fingerprint density at radius 3 is 2.63 bits per heavy atom. The van der Waals surface area contributed by atoms with Crippen molar-refractivity contribution in [2.24, 2.45) is 10.4 Å². The summed E-state index contributed by atoms with van der Waals surface area (Å²) in [5.74, 6) is 0.861. The summed E-state index contributed by atoms with van der Waals surface area (Å²) >= 11 is 0. The predicted molar refractivity (Wildman–Crippen MR) is 104 cm³/mol. The van der Waals surface area contributed by atoms with Gasteiger partial charge in [0.1, 0.15) is 19.0 Å². The fourth-order valence-corrected chi connectivity index (χ4v) is 3.12. The SMILES string of the molecule is Cc1cc(-n2cccn2)ccc1OCc1c(C)cccc1N1CN(C)N=N1. The highest BCUT2D eigenvalue weighted by atomic mass is 16.5. The van der Waals surface area contributed by atoms with Crippen LogP contribution in [0, 0.1) is 13.8 Å². The minimum absolute atomic E-state index is 0.472. The number of aryl methyl sites for hydroxylation is 2. The van der Waals surface area contributed by atoms with E-state index in [4.69, 9.17) is 4.74 Å². The van der Waals surface area contributed by atoms with Gasteiger partial charge in [-0.05, 0) is 60.5 Å². The molecule has 0 atom stereocenters. The lowest BCUT2D eigenvalue weighted by atomic mass is 10.1. The average molecular weight is 362 g/mol. The Morgan fingerprint density at radius 1 is 1.04 bits per heavy atom. The van der Waals surface area contributed by atoms with Gasteiger partial charge < -0.3 is 4.74 Å². The first-order chi connectivity index (χ1) is 13.1. The van der Waals surface area contributed by atoms with Crippen LogP contribution in [-0.2, 0) is 6.61 Å². The maximum absolute atomic E-state index is 6.16. The fraction of sp³-hybridized carbons (Fsp3) is 0.250. The summed E-state index contributed by atoms with van der Waals surface area (Å²) < 4.78 is 8.00. The minimum Gasteiger partial charge on any atom is -0.489 e. The Hall–Kier alpha value is -3.35. The Labute approximate surface area is 158 Å². The normalized spacial score (nSPS) is 13.4. The predicted octanol–water partition coefficient (Wildman–Crippen LogP) is 4.06. The average Bonchev–Trinajstić information content (AvgIpc) is 3.33. The number of anilines is 1. The summed E-state index contributed by atoms with van der Waals surface area (Å²) in [5.41, 5.74) is 5.39. The number of hydrogen-bond donors (Lipinski definition) is 0. The van der Waals surface area contributed by atoms with Crippen LogP contribution < -0.4 is 9.75 Å². The van der Waals surface area contributed by atoms with Crippen LogP contribution in [0.2, 0.25) is 0 Å². The molecule has 1 aromatic heterocycles. The summed E-state index contributed by atoms with van der Waals surface area (Å²) in [5, 5.41) is 16.2. The van der Waals surface area contributed by atoms with Crippen LogP contribution in [0.1, 0.15) is 16.7 Å². The Balaban J connectivity index is 1.55. The first-order valence-electron chi connectivity index (χ1n) is 8.84. The molecule has 1 aliphatic heterocycles. The van der Waals surface area contributed by atoms with Gasteiger partial charge in [-0.3, -0.25) is 5.01 Å². The van der Waals surface area contributed by atoms with E-state index in [1.165, 1.54) is 5.56 Å². The van der Waals surface area contributed by atoms with E-state index < -0.39 is 0 Å². The molecule has 0 fully saturated rings. The zero-order chi connectivity index (χ0) is 18.8. The van der Waals surface area contributed by atoms with Gasteiger partial charge in [0.05, 0.1) is 11.4 Å². The Morgan fingerprint density at radius 2 is 1.93 bits per heavy atom. The van der Waals surface area contributed by atoms with Gasteiger partial charge in [-0.15, -0.1) is 0 Å². The van der Waals surface area contributed by atoms with Gasteiger partial charge in [-0.1, -0.05) is 17.4 Å². The number of rotatable bonds is 5. The summed E-state index contributed by atoms with van der Waals surface area (Å²) in [6.45, 7) is 5.24. The van der Waals surface area contributed by atoms with Gasteiger partial charge in [0.15, 0.2) is 0 Å². The molecule has 0 saturated carbocycles. The van der Waals surface area contributed by atoms with Crippen LogP contribution in [0.4, 0.5) is 5.69 Å². The molecule has 0 radical (unpaired) electrons. The fourth-order valence-electron chi connectivity index (χ4n) is 3.12. The maximum Gasteiger partial charge on any atom is 0.132 e. The van der Waals surface area contributed by atoms with Crippen molar-refractivity contribution >= 4 is 5.69 Å². The quantitative estimate of drug-likeness (QED) is 0.687. The van der Waals surface area contributed by atoms with Gasteiger partial charge in [-0.2, -0.15) is 5.10 Å².